The van der Waals surface area contributed by atoms with Crippen LogP contribution in [0.3, 0.4) is 0 Å². The van der Waals surface area contributed by atoms with Crippen molar-refractivity contribution in [3.05, 3.63) is 78.6 Å². The molecule has 37 heavy (non-hydrogen) atoms. The summed E-state index contributed by atoms with van der Waals surface area (Å²) in [6.45, 7) is 5.84. The van der Waals surface area contributed by atoms with Gasteiger partial charge in [-0.05, 0) is 60.8 Å². The normalized spacial score (nSPS) is 18.9. The first kappa shape index (κ1) is 25.5. The fraction of sp³-hybridized carbons (Fsp3) is 0.500. The highest BCUT2D eigenvalue weighted by Gasteiger charge is 2.37. The third kappa shape index (κ3) is 6.98. The quantitative estimate of drug-likeness (QED) is 0.512. The van der Waals surface area contributed by atoms with Crippen molar-refractivity contribution >= 4 is 5.91 Å². The van der Waals surface area contributed by atoms with Gasteiger partial charge in [0.15, 0.2) is 0 Å². The van der Waals surface area contributed by atoms with E-state index in [0.29, 0.717) is 19.6 Å². The lowest BCUT2D eigenvalue weighted by Gasteiger charge is -2.45. The number of fused-ring (bicyclic) bond motifs is 1. The number of imidazole rings is 1. The number of rotatable bonds is 5. The summed E-state index contributed by atoms with van der Waals surface area (Å²) >= 11 is 0. The first-order chi connectivity index (χ1) is 18.2. The van der Waals surface area contributed by atoms with Gasteiger partial charge in [0.2, 0.25) is 5.91 Å². The molecule has 0 atom stereocenters. The Morgan fingerprint density at radius 3 is 2.68 bits per heavy atom. The largest absolute Gasteiger partial charge is 0.492 e. The second kappa shape index (κ2) is 12.4. The van der Waals surface area contributed by atoms with Gasteiger partial charge in [-0.3, -0.25) is 14.7 Å². The molecule has 5 rings (SSSR count). The molecule has 0 N–H and O–H groups in total. The van der Waals surface area contributed by atoms with Gasteiger partial charge < -0.3 is 14.2 Å². The van der Waals surface area contributed by atoms with E-state index in [-0.39, 0.29) is 11.3 Å². The van der Waals surface area contributed by atoms with Crippen molar-refractivity contribution in [1.29, 1.82) is 0 Å². The number of aryl methyl sites for hydroxylation is 2. The number of piperidine rings is 1. The molecule has 196 valence electrons. The molecule has 2 aliphatic rings. The molecule has 7 heteroatoms. The molecule has 1 spiro atoms. The van der Waals surface area contributed by atoms with Gasteiger partial charge in [0.1, 0.15) is 12.4 Å². The number of benzene rings is 1. The van der Waals surface area contributed by atoms with Gasteiger partial charge in [0, 0.05) is 70.5 Å². The highest BCUT2D eigenvalue weighted by Crippen LogP contribution is 2.39. The summed E-state index contributed by atoms with van der Waals surface area (Å²) in [6, 6.07) is 12.7. The maximum Gasteiger partial charge on any atom is 0.224 e. The summed E-state index contributed by atoms with van der Waals surface area (Å²) in [6.07, 6.45) is 16.6. The maximum absolute atomic E-state index is 13.0. The first-order valence-electron chi connectivity index (χ1n) is 13.7. The average Bonchev–Trinajstić information content (AvgIpc) is 3.45. The molecule has 2 aromatic heterocycles. The molecule has 4 heterocycles. The van der Waals surface area contributed by atoms with Gasteiger partial charge in [-0.2, -0.15) is 0 Å². The molecule has 0 aliphatic carbocycles. The number of hydrogen-bond donors (Lipinski definition) is 0. The zero-order valence-electron chi connectivity index (χ0n) is 21.8. The summed E-state index contributed by atoms with van der Waals surface area (Å²) in [5.41, 5.74) is 2.77. The van der Waals surface area contributed by atoms with Gasteiger partial charge in [0.25, 0.3) is 0 Å². The molecular formula is C30H39N5O2. The van der Waals surface area contributed by atoms with Gasteiger partial charge in [-0.25, -0.2) is 4.98 Å². The standard InChI is InChI=1S/C30H39N5O2/c36-29(10-16-33-19-15-32-25-33)35-17-12-30(13-18-35)11-4-3-8-27-7-1-2-9-28(27)37-21-20-34(24-30)23-26-6-5-14-31-22-26/h1-2,5-7,9,14-15,19,22,25H,3-4,8,10-13,16-18,20-21,23-24H2. The Balaban J connectivity index is 1.27. The average molecular weight is 502 g/mol. The van der Waals surface area contributed by atoms with E-state index in [1.54, 1.807) is 12.5 Å². The minimum absolute atomic E-state index is 0.224. The smallest absolute Gasteiger partial charge is 0.224 e. The molecule has 0 unspecified atom stereocenters. The lowest BCUT2D eigenvalue weighted by molar-refractivity contribution is -0.134. The molecule has 0 bridgehead atoms. The Labute approximate surface area is 220 Å². The van der Waals surface area contributed by atoms with Crippen molar-refractivity contribution in [1.82, 2.24) is 24.3 Å². The topological polar surface area (TPSA) is 63.5 Å². The molecule has 7 nitrogen and oxygen atoms in total. The van der Waals surface area contributed by atoms with Crippen LogP contribution in [0.5, 0.6) is 5.75 Å². The highest BCUT2D eigenvalue weighted by molar-refractivity contribution is 5.76. The summed E-state index contributed by atoms with van der Waals surface area (Å²) in [5, 5.41) is 0. The van der Waals surface area contributed by atoms with Crippen LogP contribution in [0, 0.1) is 5.41 Å². The zero-order chi connectivity index (χ0) is 25.3. The summed E-state index contributed by atoms with van der Waals surface area (Å²) in [5.74, 6) is 1.29. The van der Waals surface area contributed by atoms with Crippen molar-refractivity contribution in [2.45, 2.75) is 58.0 Å². The molecule has 0 saturated carbocycles. The Morgan fingerprint density at radius 2 is 1.86 bits per heavy atom. The molecule has 1 fully saturated rings. The lowest BCUT2D eigenvalue weighted by atomic mass is 9.73. The van der Waals surface area contributed by atoms with Crippen LogP contribution in [0.25, 0.3) is 0 Å². The van der Waals surface area contributed by atoms with Crippen molar-refractivity contribution < 1.29 is 9.53 Å². The van der Waals surface area contributed by atoms with Gasteiger partial charge in [-0.1, -0.05) is 30.7 Å². The third-order valence-corrected chi connectivity index (χ3v) is 8.05. The van der Waals surface area contributed by atoms with Crippen LogP contribution in [0.1, 0.15) is 49.7 Å². The van der Waals surface area contributed by atoms with Crippen molar-refractivity contribution in [3.8, 4) is 5.75 Å². The Kier molecular flexibility index (Phi) is 8.51. The van der Waals surface area contributed by atoms with Crippen LogP contribution in [-0.4, -0.2) is 63.0 Å². The first-order valence-corrected chi connectivity index (χ1v) is 13.7. The number of pyridine rings is 1. The number of para-hydroxylation sites is 1. The minimum Gasteiger partial charge on any atom is -0.492 e. The lowest BCUT2D eigenvalue weighted by Crippen LogP contribution is -2.48. The summed E-state index contributed by atoms with van der Waals surface area (Å²) < 4.78 is 8.27. The van der Waals surface area contributed by atoms with E-state index < -0.39 is 0 Å². The van der Waals surface area contributed by atoms with Gasteiger partial charge in [-0.15, -0.1) is 0 Å². The van der Waals surface area contributed by atoms with Gasteiger partial charge >= 0.3 is 0 Å². The van der Waals surface area contributed by atoms with Crippen LogP contribution in [0.15, 0.2) is 67.5 Å². The van der Waals surface area contributed by atoms with Gasteiger partial charge in [0.05, 0.1) is 6.33 Å². The van der Waals surface area contributed by atoms with Crippen molar-refractivity contribution in [3.63, 3.8) is 0 Å². The minimum atomic E-state index is 0.224. The molecular weight excluding hydrogens is 462 g/mol. The Bertz CT molecular complexity index is 1110. The van der Waals surface area contributed by atoms with Crippen molar-refractivity contribution in [2.24, 2.45) is 5.41 Å². The Morgan fingerprint density at radius 1 is 0.973 bits per heavy atom. The second-order valence-electron chi connectivity index (χ2n) is 10.7. The predicted molar refractivity (Wildman–Crippen MR) is 144 cm³/mol. The van der Waals surface area contributed by atoms with E-state index in [1.807, 2.05) is 29.2 Å². The van der Waals surface area contributed by atoms with Crippen LogP contribution < -0.4 is 4.74 Å². The number of ether oxygens (including phenoxy) is 1. The number of hydrogen-bond acceptors (Lipinski definition) is 5. The van der Waals surface area contributed by atoms with E-state index in [9.17, 15) is 4.79 Å². The predicted octanol–water partition coefficient (Wildman–Crippen LogP) is 4.58. The molecule has 0 radical (unpaired) electrons. The fourth-order valence-corrected chi connectivity index (χ4v) is 5.91. The molecule has 1 saturated heterocycles. The number of aromatic nitrogens is 3. The van der Waals surface area contributed by atoms with E-state index in [1.165, 1.54) is 24.0 Å². The number of carbonyl (C=O) groups excluding carboxylic acids is 1. The summed E-state index contributed by atoms with van der Waals surface area (Å²) in [4.78, 5) is 26.0. The molecule has 2 aliphatic heterocycles. The molecule has 1 aromatic carbocycles. The number of carbonyl (C=O) groups is 1. The molecule has 1 amide bonds. The highest BCUT2D eigenvalue weighted by atomic mass is 16.5. The van der Waals surface area contributed by atoms with Crippen LogP contribution in [-0.2, 0) is 24.3 Å². The van der Waals surface area contributed by atoms with E-state index >= 15 is 0 Å². The van der Waals surface area contributed by atoms with E-state index in [0.717, 1.165) is 64.2 Å². The van der Waals surface area contributed by atoms with Crippen molar-refractivity contribution in [2.75, 3.05) is 32.8 Å². The SMILES string of the molecule is O=C(CCn1ccnc1)N1CCC2(CCCCc3ccccc3OCCN(Cc3cccnc3)C2)CC1. The number of likely N-dealkylation sites (tertiary alicyclic amines) is 1. The van der Waals surface area contributed by atoms with Crippen LogP contribution in [0.2, 0.25) is 0 Å². The van der Waals surface area contributed by atoms with E-state index in [2.05, 4.69) is 50.1 Å². The number of nitrogens with zero attached hydrogens (tertiary/aromatic N) is 5. The third-order valence-electron chi connectivity index (χ3n) is 8.05. The van der Waals surface area contributed by atoms with E-state index in [4.69, 9.17) is 4.74 Å². The maximum atomic E-state index is 13.0. The zero-order valence-corrected chi connectivity index (χ0v) is 21.8. The summed E-state index contributed by atoms with van der Waals surface area (Å²) in [7, 11) is 0. The van der Waals surface area contributed by atoms with Crippen LogP contribution >= 0.6 is 0 Å². The fourth-order valence-electron chi connectivity index (χ4n) is 5.91. The van der Waals surface area contributed by atoms with Crippen LogP contribution in [0.4, 0.5) is 0 Å². The second-order valence-corrected chi connectivity index (χ2v) is 10.7. The monoisotopic (exact) mass is 501 g/mol. The Hall–Kier alpha value is -3.19. The molecule has 3 aromatic rings. The number of amides is 1.